The number of aromatic nitrogens is 5. The summed E-state index contributed by atoms with van der Waals surface area (Å²) in [4.78, 5) is 16.0. The van der Waals surface area contributed by atoms with Crippen LogP contribution in [0.1, 0.15) is 25.0 Å². The van der Waals surface area contributed by atoms with E-state index in [4.69, 9.17) is 15.0 Å². The molecule has 3 aromatic heterocycles. The highest BCUT2D eigenvalue weighted by molar-refractivity contribution is 6.10. The van der Waals surface area contributed by atoms with E-state index in [1.54, 1.807) is 0 Å². The summed E-state index contributed by atoms with van der Waals surface area (Å²) in [7, 11) is 0. The third-order valence-corrected chi connectivity index (χ3v) is 12.4. The second-order valence-electron chi connectivity index (χ2n) is 16.1. The fourth-order valence-electron chi connectivity index (χ4n) is 9.51. The minimum Gasteiger partial charge on any atom is -0.278 e. The van der Waals surface area contributed by atoms with E-state index in [2.05, 4.69) is 211 Å². The molecule has 0 saturated carbocycles. The van der Waals surface area contributed by atoms with Gasteiger partial charge in [0.25, 0.3) is 0 Å². The molecule has 0 bridgehead atoms. The molecule has 0 spiro atoms. The second kappa shape index (κ2) is 12.7. The summed E-state index contributed by atoms with van der Waals surface area (Å²) in [6.07, 6.45) is 0. The van der Waals surface area contributed by atoms with Crippen molar-refractivity contribution >= 4 is 43.6 Å². The highest BCUT2D eigenvalue weighted by atomic mass is 15.3. The Labute approximate surface area is 341 Å². The predicted molar refractivity (Wildman–Crippen MR) is 242 cm³/mol. The molecule has 0 amide bonds. The summed E-state index contributed by atoms with van der Waals surface area (Å²) in [5, 5.41) is 4.60. The van der Waals surface area contributed by atoms with Crippen LogP contribution in [0.3, 0.4) is 0 Å². The lowest BCUT2D eigenvalue weighted by molar-refractivity contribution is 0.660. The summed E-state index contributed by atoms with van der Waals surface area (Å²) in [6.45, 7) is 4.66. The number of benzene rings is 8. The van der Waals surface area contributed by atoms with Crippen LogP contribution >= 0.6 is 0 Å². The van der Waals surface area contributed by atoms with E-state index >= 15 is 0 Å². The Bertz CT molecular complexity index is 3410. The van der Waals surface area contributed by atoms with Gasteiger partial charge in [-0.2, -0.15) is 15.0 Å². The zero-order chi connectivity index (χ0) is 39.2. The van der Waals surface area contributed by atoms with Gasteiger partial charge in [-0.15, -0.1) is 0 Å². The molecule has 59 heavy (non-hydrogen) atoms. The van der Waals surface area contributed by atoms with Gasteiger partial charge in [0.15, 0.2) is 5.82 Å². The normalized spacial score (nSPS) is 13.1. The van der Waals surface area contributed by atoms with Gasteiger partial charge in [0.2, 0.25) is 11.9 Å². The van der Waals surface area contributed by atoms with Gasteiger partial charge in [-0.1, -0.05) is 172 Å². The van der Waals surface area contributed by atoms with Gasteiger partial charge in [0.05, 0.1) is 22.1 Å². The molecule has 3 heterocycles. The van der Waals surface area contributed by atoms with Crippen molar-refractivity contribution in [2.75, 3.05) is 0 Å². The van der Waals surface area contributed by atoms with E-state index in [0.29, 0.717) is 17.7 Å². The minimum atomic E-state index is -0.0684. The van der Waals surface area contributed by atoms with E-state index in [9.17, 15) is 0 Å². The lowest BCUT2D eigenvalue weighted by Gasteiger charge is -2.22. The Balaban J connectivity index is 1.06. The number of hydrogen-bond acceptors (Lipinski definition) is 3. The maximum atomic E-state index is 5.38. The number of fused-ring (bicyclic) bond motifs is 9. The molecule has 0 unspecified atom stereocenters. The molecule has 0 N–H and O–H groups in total. The quantitative estimate of drug-likeness (QED) is 0.176. The number of hydrogen-bond donors (Lipinski definition) is 0. The maximum absolute atomic E-state index is 5.38. The molecular weight excluding hydrogens is 719 g/mol. The van der Waals surface area contributed by atoms with Gasteiger partial charge < -0.3 is 0 Å². The Hall–Kier alpha value is -7.63. The molecule has 0 atom stereocenters. The van der Waals surface area contributed by atoms with Crippen molar-refractivity contribution in [2.45, 2.75) is 19.3 Å². The van der Waals surface area contributed by atoms with Crippen LogP contribution in [0.2, 0.25) is 0 Å². The lowest BCUT2D eigenvalue weighted by Crippen LogP contribution is -2.14. The van der Waals surface area contributed by atoms with Crippen LogP contribution in [-0.4, -0.2) is 24.1 Å². The van der Waals surface area contributed by atoms with Gasteiger partial charge >= 0.3 is 0 Å². The fourth-order valence-corrected chi connectivity index (χ4v) is 9.51. The molecule has 278 valence electrons. The monoisotopic (exact) mass is 755 g/mol. The zero-order valence-corrected chi connectivity index (χ0v) is 32.6. The van der Waals surface area contributed by atoms with Crippen LogP contribution in [0, 0.1) is 0 Å². The van der Waals surface area contributed by atoms with Crippen LogP contribution in [0.25, 0.3) is 100 Å². The smallest absolute Gasteiger partial charge is 0.240 e. The molecule has 8 aromatic carbocycles. The molecule has 5 nitrogen and oxygen atoms in total. The van der Waals surface area contributed by atoms with Gasteiger partial charge in [0.1, 0.15) is 0 Å². The summed E-state index contributed by atoms with van der Waals surface area (Å²) in [5.41, 5.74) is 15.0. The van der Waals surface area contributed by atoms with Crippen molar-refractivity contribution in [1.82, 2.24) is 24.1 Å². The van der Waals surface area contributed by atoms with Crippen LogP contribution in [0.15, 0.2) is 188 Å². The first-order valence-corrected chi connectivity index (χ1v) is 20.2. The van der Waals surface area contributed by atoms with Gasteiger partial charge in [-0.05, 0) is 74.8 Å². The number of para-hydroxylation sites is 3. The van der Waals surface area contributed by atoms with Crippen LogP contribution < -0.4 is 0 Å². The molecule has 0 radical (unpaired) electrons. The average Bonchev–Trinajstić information content (AvgIpc) is 3.89. The van der Waals surface area contributed by atoms with E-state index in [1.807, 2.05) is 0 Å². The first-order valence-electron chi connectivity index (χ1n) is 20.2. The molecule has 5 heteroatoms. The van der Waals surface area contributed by atoms with Gasteiger partial charge in [-0.25, -0.2) is 0 Å². The molecule has 0 saturated heterocycles. The van der Waals surface area contributed by atoms with Gasteiger partial charge in [-0.3, -0.25) is 9.13 Å². The number of rotatable bonds is 5. The summed E-state index contributed by atoms with van der Waals surface area (Å²) in [6, 6.07) is 67.1. The van der Waals surface area contributed by atoms with Gasteiger partial charge in [0, 0.05) is 32.5 Å². The SMILES string of the molecule is CC1(C)c2ccccc2-c2ccc(-c3ccc(-c4nc(-n5c6ccccc6c6ccccc65)nc(-n5c6ccccc6c6ccc(-c7ccccc7)cc65)n4)cc3)cc21. The van der Waals surface area contributed by atoms with Crippen molar-refractivity contribution in [3.05, 3.63) is 199 Å². The lowest BCUT2D eigenvalue weighted by atomic mass is 9.81. The number of nitrogens with zero attached hydrogens (tertiary/aromatic N) is 5. The molecule has 11 aromatic rings. The van der Waals surface area contributed by atoms with Crippen molar-refractivity contribution in [2.24, 2.45) is 0 Å². The van der Waals surface area contributed by atoms with Crippen molar-refractivity contribution in [3.8, 4) is 56.7 Å². The first kappa shape index (κ1) is 33.5. The molecule has 1 aliphatic rings. The standard InChI is InChI=1S/C54H37N5/c1-54(2)45-20-10-6-16-39(45)40-30-28-37(32-46(40)54)35-24-26-36(27-25-35)51-55-52(58-47-21-11-7-17-41(47)42-18-8-12-22-48(42)58)57-53(56-51)59-49-23-13-9-19-43(49)44-31-29-38(33-50(44)59)34-14-4-3-5-15-34/h3-33H,1-2H3. The minimum absolute atomic E-state index is 0.0684. The molecule has 12 rings (SSSR count). The van der Waals surface area contributed by atoms with Crippen LogP contribution in [0.4, 0.5) is 0 Å². The second-order valence-corrected chi connectivity index (χ2v) is 16.1. The summed E-state index contributed by atoms with van der Waals surface area (Å²) >= 11 is 0. The fraction of sp³-hybridized carbons (Fsp3) is 0.0556. The Morgan fingerprint density at radius 2 is 0.797 bits per heavy atom. The van der Waals surface area contributed by atoms with E-state index in [-0.39, 0.29) is 5.41 Å². The van der Waals surface area contributed by atoms with Crippen LogP contribution in [0.5, 0.6) is 0 Å². The average molecular weight is 756 g/mol. The van der Waals surface area contributed by atoms with Crippen LogP contribution in [-0.2, 0) is 5.41 Å². The highest BCUT2D eigenvalue weighted by Gasteiger charge is 2.35. The van der Waals surface area contributed by atoms with E-state index < -0.39 is 0 Å². The third kappa shape index (κ3) is 5.08. The van der Waals surface area contributed by atoms with Crippen molar-refractivity contribution in [3.63, 3.8) is 0 Å². The largest absolute Gasteiger partial charge is 0.278 e. The van der Waals surface area contributed by atoms with Crippen molar-refractivity contribution in [1.29, 1.82) is 0 Å². The zero-order valence-electron chi connectivity index (χ0n) is 32.6. The molecule has 1 aliphatic carbocycles. The first-order chi connectivity index (χ1) is 29.0. The maximum Gasteiger partial charge on any atom is 0.240 e. The summed E-state index contributed by atoms with van der Waals surface area (Å²) in [5.74, 6) is 1.74. The Morgan fingerprint density at radius 3 is 1.46 bits per heavy atom. The predicted octanol–water partition coefficient (Wildman–Crippen LogP) is 13.4. The third-order valence-electron chi connectivity index (χ3n) is 12.4. The topological polar surface area (TPSA) is 48.5 Å². The Morgan fingerprint density at radius 1 is 0.339 bits per heavy atom. The molecular formula is C54H37N5. The van der Waals surface area contributed by atoms with Crippen molar-refractivity contribution < 1.29 is 0 Å². The molecule has 0 fully saturated rings. The van der Waals surface area contributed by atoms with E-state index in [1.165, 1.54) is 27.8 Å². The Kier molecular flexibility index (Phi) is 7.20. The molecule has 0 aliphatic heterocycles. The summed E-state index contributed by atoms with van der Waals surface area (Å²) < 4.78 is 4.39. The highest BCUT2D eigenvalue weighted by Crippen LogP contribution is 2.49. The van der Waals surface area contributed by atoms with E-state index in [0.717, 1.165) is 65.9 Å².